The molecule has 2 heterocycles. The summed E-state index contributed by atoms with van der Waals surface area (Å²) in [5.74, 6) is -1.02. The van der Waals surface area contributed by atoms with E-state index in [4.69, 9.17) is 9.84 Å². The molecule has 0 aromatic heterocycles. The van der Waals surface area contributed by atoms with E-state index in [2.05, 4.69) is 16.0 Å². The lowest BCUT2D eigenvalue weighted by Crippen LogP contribution is -2.51. The first kappa shape index (κ1) is 30.5. The first-order chi connectivity index (χ1) is 21.3. The SMILES string of the molecule is COC(=O)c1cc2c(cc1C)C(=C(Nc1ccc(C(=O)N3CCN(CC(=O)NCCO)CC3)cc1)c1ccccc1)C(=O)N2. The Morgan fingerprint density at radius 1 is 0.955 bits per heavy atom. The number of hydrogen-bond donors (Lipinski definition) is 4. The molecule has 0 atom stereocenters. The maximum absolute atomic E-state index is 13.3. The molecule has 2 aliphatic rings. The Hall–Kier alpha value is -5.00. The van der Waals surface area contributed by atoms with Gasteiger partial charge in [0.05, 0.1) is 42.8 Å². The van der Waals surface area contributed by atoms with Crippen LogP contribution >= 0.6 is 0 Å². The number of nitrogens with zero attached hydrogens (tertiary/aromatic N) is 2. The van der Waals surface area contributed by atoms with Gasteiger partial charge >= 0.3 is 5.97 Å². The van der Waals surface area contributed by atoms with Gasteiger partial charge in [-0.3, -0.25) is 19.3 Å². The second-order valence-electron chi connectivity index (χ2n) is 10.6. The van der Waals surface area contributed by atoms with E-state index in [9.17, 15) is 19.2 Å². The Labute approximate surface area is 255 Å². The maximum atomic E-state index is 13.3. The molecule has 0 bridgehead atoms. The summed E-state index contributed by atoms with van der Waals surface area (Å²) in [6.07, 6.45) is 0. The van der Waals surface area contributed by atoms with Gasteiger partial charge in [-0.15, -0.1) is 0 Å². The van der Waals surface area contributed by atoms with Gasteiger partial charge in [0, 0.05) is 49.5 Å². The van der Waals surface area contributed by atoms with Gasteiger partial charge in [0.2, 0.25) is 5.91 Å². The van der Waals surface area contributed by atoms with Gasteiger partial charge in [-0.1, -0.05) is 30.3 Å². The lowest BCUT2D eigenvalue weighted by atomic mass is 9.96. The molecule has 228 valence electrons. The van der Waals surface area contributed by atoms with Gasteiger partial charge in [0.15, 0.2) is 0 Å². The van der Waals surface area contributed by atoms with Crippen LogP contribution in [-0.2, 0) is 14.3 Å². The van der Waals surface area contributed by atoms with Crippen molar-refractivity contribution in [3.8, 4) is 0 Å². The Balaban J connectivity index is 1.35. The highest BCUT2D eigenvalue weighted by Crippen LogP contribution is 2.39. The first-order valence-corrected chi connectivity index (χ1v) is 14.4. The number of esters is 1. The molecule has 3 aromatic carbocycles. The maximum Gasteiger partial charge on any atom is 0.338 e. The summed E-state index contributed by atoms with van der Waals surface area (Å²) < 4.78 is 4.89. The Morgan fingerprint density at radius 3 is 2.32 bits per heavy atom. The summed E-state index contributed by atoms with van der Waals surface area (Å²) in [5, 5.41) is 17.8. The molecule has 0 radical (unpaired) electrons. The van der Waals surface area contributed by atoms with E-state index in [-0.39, 0.29) is 37.4 Å². The highest BCUT2D eigenvalue weighted by atomic mass is 16.5. The number of anilines is 2. The fraction of sp³-hybridized carbons (Fsp3) is 0.273. The van der Waals surface area contributed by atoms with Gasteiger partial charge in [0.25, 0.3) is 11.8 Å². The van der Waals surface area contributed by atoms with E-state index < -0.39 is 5.97 Å². The van der Waals surface area contributed by atoms with Crippen LogP contribution in [0.15, 0.2) is 66.7 Å². The van der Waals surface area contributed by atoms with Crippen LogP contribution in [0.5, 0.6) is 0 Å². The summed E-state index contributed by atoms with van der Waals surface area (Å²) in [5.41, 5.74) is 5.31. The number of carbonyl (C=O) groups is 4. The summed E-state index contributed by atoms with van der Waals surface area (Å²) in [4.78, 5) is 54.5. The number of aryl methyl sites for hydroxylation is 1. The lowest BCUT2D eigenvalue weighted by Gasteiger charge is -2.34. The van der Waals surface area contributed by atoms with E-state index in [0.29, 0.717) is 71.1 Å². The van der Waals surface area contributed by atoms with Crippen molar-refractivity contribution in [3.63, 3.8) is 0 Å². The Kier molecular flexibility index (Phi) is 9.37. The number of ether oxygens (including phenoxy) is 1. The van der Waals surface area contributed by atoms with E-state index in [1.165, 1.54) is 7.11 Å². The number of fused-ring (bicyclic) bond motifs is 1. The number of piperazine rings is 1. The zero-order valence-corrected chi connectivity index (χ0v) is 24.7. The van der Waals surface area contributed by atoms with Crippen LogP contribution in [-0.4, -0.2) is 91.6 Å². The number of aliphatic hydroxyl groups excluding tert-OH is 1. The molecule has 5 rings (SSSR count). The fourth-order valence-electron chi connectivity index (χ4n) is 5.37. The summed E-state index contributed by atoms with van der Waals surface area (Å²) in [6, 6.07) is 20.0. The molecule has 1 saturated heterocycles. The number of rotatable bonds is 9. The number of amides is 3. The quantitative estimate of drug-likeness (QED) is 0.218. The molecular weight excluding hydrogens is 562 g/mol. The van der Waals surface area contributed by atoms with Crippen molar-refractivity contribution in [2.75, 3.05) is 63.6 Å². The molecule has 3 amide bonds. The van der Waals surface area contributed by atoms with Crippen LogP contribution in [0.1, 0.15) is 37.4 Å². The molecule has 11 heteroatoms. The van der Waals surface area contributed by atoms with Crippen molar-refractivity contribution in [2.24, 2.45) is 0 Å². The molecule has 1 fully saturated rings. The number of methoxy groups -OCH3 is 1. The number of benzene rings is 3. The van der Waals surface area contributed by atoms with E-state index in [0.717, 1.165) is 5.56 Å². The average Bonchev–Trinajstić information content (AvgIpc) is 3.36. The van der Waals surface area contributed by atoms with Crippen LogP contribution in [0.3, 0.4) is 0 Å². The highest BCUT2D eigenvalue weighted by molar-refractivity contribution is 6.37. The van der Waals surface area contributed by atoms with Crippen LogP contribution in [0, 0.1) is 6.92 Å². The molecule has 44 heavy (non-hydrogen) atoms. The molecule has 4 N–H and O–H groups in total. The van der Waals surface area contributed by atoms with Crippen LogP contribution in [0.4, 0.5) is 11.4 Å². The van der Waals surface area contributed by atoms with E-state index >= 15 is 0 Å². The predicted octanol–water partition coefficient (Wildman–Crippen LogP) is 2.58. The van der Waals surface area contributed by atoms with Crippen molar-refractivity contribution >= 4 is 46.3 Å². The highest BCUT2D eigenvalue weighted by Gasteiger charge is 2.30. The van der Waals surface area contributed by atoms with Crippen LogP contribution in [0.2, 0.25) is 0 Å². The predicted molar refractivity (Wildman–Crippen MR) is 167 cm³/mol. The Bertz CT molecular complexity index is 1590. The summed E-state index contributed by atoms with van der Waals surface area (Å²) in [7, 11) is 1.32. The first-order valence-electron chi connectivity index (χ1n) is 14.4. The van der Waals surface area contributed by atoms with E-state index in [1.54, 1.807) is 42.2 Å². The average molecular weight is 598 g/mol. The largest absolute Gasteiger partial charge is 0.465 e. The minimum absolute atomic E-state index is 0.0939. The van der Waals surface area contributed by atoms with Crippen molar-refractivity contribution in [1.82, 2.24) is 15.1 Å². The van der Waals surface area contributed by atoms with Crippen LogP contribution in [0.25, 0.3) is 11.3 Å². The third kappa shape index (κ3) is 6.64. The summed E-state index contributed by atoms with van der Waals surface area (Å²) >= 11 is 0. The monoisotopic (exact) mass is 597 g/mol. The number of hydrogen-bond acceptors (Lipinski definition) is 8. The van der Waals surface area contributed by atoms with Gasteiger partial charge < -0.3 is 30.7 Å². The topological polar surface area (TPSA) is 140 Å². The minimum atomic E-state index is -0.475. The number of nitrogens with one attached hydrogen (secondary N) is 3. The Morgan fingerprint density at radius 2 is 1.66 bits per heavy atom. The van der Waals surface area contributed by atoms with Crippen molar-refractivity contribution in [2.45, 2.75) is 6.92 Å². The molecule has 2 aliphatic heterocycles. The molecule has 3 aromatic rings. The van der Waals surface area contributed by atoms with Gasteiger partial charge in [-0.05, 0) is 54.4 Å². The molecule has 11 nitrogen and oxygen atoms in total. The zero-order chi connectivity index (χ0) is 31.2. The normalized spacial score (nSPS) is 15.7. The van der Waals surface area contributed by atoms with Crippen LogP contribution < -0.4 is 16.0 Å². The van der Waals surface area contributed by atoms with Crippen molar-refractivity contribution in [3.05, 3.63) is 94.5 Å². The van der Waals surface area contributed by atoms with Gasteiger partial charge in [0.1, 0.15) is 0 Å². The molecule has 0 saturated carbocycles. The second kappa shape index (κ2) is 13.5. The molecule has 0 unspecified atom stereocenters. The van der Waals surface area contributed by atoms with Gasteiger partial charge in [-0.25, -0.2) is 4.79 Å². The smallest absolute Gasteiger partial charge is 0.338 e. The second-order valence-corrected chi connectivity index (χ2v) is 10.6. The standard InChI is InChI=1S/C33H35N5O6/c1-21-18-26-27(19-25(21)33(43)44-2)36-31(41)29(26)30(22-6-4-3-5-7-22)35-24-10-8-23(9-11-24)32(42)38-15-13-37(14-16-38)20-28(40)34-12-17-39/h3-11,18-19,35,39H,12-17,20H2,1-2H3,(H,34,40)(H,36,41). The zero-order valence-electron chi connectivity index (χ0n) is 24.7. The molecule has 0 spiro atoms. The molecular formula is C33H35N5O6. The van der Waals surface area contributed by atoms with Crippen molar-refractivity contribution in [1.29, 1.82) is 0 Å². The van der Waals surface area contributed by atoms with Gasteiger partial charge in [-0.2, -0.15) is 0 Å². The third-order valence-electron chi connectivity index (χ3n) is 7.69. The molecule has 0 aliphatic carbocycles. The number of aliphatic hydroxyl groups is 1. The van der Waals surface area contributed by atoms with Crippen molar-refractivity contribution < 1.29 is 29.0 Å². The lowest BCUT2D eigenvalue weighted by molar-refractivity contribution is -0.122. The number of carbonyl (C=O) groups excluding carboxylic acids is 4. The van der Waals surface area contributed by atoms with E-state index in [1.807, 2.05) is 41.3 Å². The minimum Gasteiger partial charge on any atom is -0.465 e. The third-order valence-corrected chi connectivity index (χ3v) is 7.69. The fourth-order valence-corrected chi connectivity index (χ4v) is 5.37. The summed E-state index contributed by atoms with van der Waals surface area (Å²) in [6.45, 7) is 4.32.